The zero-order valence-corrected chi connectivity index (χ0v) is 21.3. The van der Waals surface area contributed by atoms with Crippen LogP contribution in [-0.4, -0.2) is 0 Å². The molecule has 0 aliphatic rings. The Balaban J connectivity index is 1.51. The zero-order valence-electron chi connectivity index (χ0n) is 21.3. The second-order valence-corrected chi connectivity index (χ2v) is 9.10. The Labute approximate surface area is 216 Å². The maximum absolute atomic E-state index is 4.08. The number of anilines is 1. The molecule has 0 radical (unpaired) electrons. The Hall–Kier alpha value is -4.10. The third kappa shape index (κ3) is 6.52. The largest absolute Gasteiger partial charge is 0.358 e. The van der Waals surface area contributed by atoms with Gasteiger partial charge >= 0.3 is 0 Å². The average molecular weight is 470 g/mol. The quantitative estimate of drug-likeness (QED) is 0.228. The summed E-state index contributed by atoms with van der Waals surface area (Å²) in [5.41, 5.74) is 9.60. The Morgan fingerprint density at radius 2 is 1.50 bits per heavy atom. The Kier molecular flexibility index (Phi) is 8.72. The highest BCUT2D eigenvalue weighted by Crippen LogP contribution is 2.28. The van der Waals surface area contributed by atoms with Gasteiger partial charge in [0.15, 0.2) is 0 Å². The van der Waals surface area contributed by atoms with Crippen molar-refractivity contribution in [2.45, 2.75) is 32.6 Å². The summed E-state index contributed by atoms with van der Waals surface area (Å²) in [6.07, 6.45) is 8.48. The van der Waals surface area contributed by atoms with Gasteiger partial charge < -0.3 is 5.32 Å². The lowest BCUT2D eigenvalue weighted by Gasteiger charge is -2.16. The van der Waals surface area contributed by atoms with Crippen molar-refractivity contribution in [2.75, 3.05) is 5.32 Å². The topological polar surface area (TPSA) is 12.0 Å². The zero-order chi connectivity index (χ0) is 25.2. The van der Waals surface area contributed by atoms with E-state index in [1.807, 2.05) is 12.1 Å². The standard InChI is InChI=1S/C35H35N/c1-4-13-35(34(5-2)31-17-10-7-11-18-31)36-33-24-22-30(23-25-33)32-19-12-14-28(26-32)21-20-27(3)29-15-8-6-9-16-29/h5-12,14-27,36H,2,4,13H2,1,3H3/b21-20-,35-34-. The van der Waals surface area contributed by atoms with Gasteiger partial charge in [0.25, 0.3) is 0 Å². The van der Waals surface area contributed by atoms with E-state index in [1.165, 1.54) is 33.5 Å². The lowest BCUT2D eigenvalue weighted by atomic mass is 9.98. The first kappa shape index (κ1) is 25.0. The van der Waals surface area contributed by atoms with Gasteiger partial charge in [-0.2, -0.15) is 0 Å². The van der Waals surface area contributed by atoms with E-state index >= 15 is 0 Å². The molecule has 4 rings (SSSR count). The highest BCUT2D eigenvalue weighted by Gasteiger charge is 2.08. The van der Waals surface area contributed by atoms with Gasteiger partial charge in [-0.1, -0.05) is 136 Å². The molecular weight excluding hydrogens is 434 g/mol. The van der Waals surface area contributed by atoms with Crippen molar-refractivity contribution in [2.24, 2.45) is 0 Å². The molecular formula is C35H35N. The number of hydrogen-bond acceptors (Lipinski definition) is 1. The molecule has 1 nitrogen and oxygen atoms in total. The molecule has 1 atom stereocenters. The molecule has 0 saturated heterocycles. The third-order valence-corrected chi connectivity index (χ3v) is 6.42. The minimum atomic E-state index is 0.377. The van der Waals surface area contributed by atoms with E-state index in [-0.39, 0.29) is 0 Å². The maximum atomic E-state index is 4.08. The minimum Gasteiger partial charge on any atom is -0.358 e. The van der Waals surface area contributed by atoms with Crippen LogP contribution < -0.4 is 5.32 Å². The van der Waals surface area contributed by atoms with Crippen LogP contribution in [0.2, 0.25) is 0 Å². The summed E-state index contributed by atoms with van der Waals surface area (Å²) in [5.74, 6) is 0.377. The van der Waals surface area contributed by atoms with Crippen LogP contribution in [0.25, 0.3) is 22.8 Å². The lowest BCUT2D eigenvalue weighted by Crippen LogP contribution is -2.03. The van der Waals surface area contributed by atoms with Gasteiger partial charge in [0.1, 0.15) is 0 Å². The van der Waals surface area contributed by atoms with E-state index in [2.05, 4.69) is 141 Å². The van der Waals surface area contributed by atoms with Crippen molar-refractivity contribution in [1.82, 2.24) is 0 Å². The molecule has 4 aromatic carbocycles. The molecule has 0 amide bonds. The normalized spacial score (nSPS) is 12.7. The first-order chi connectivity index (χ1) is 17.7. The first-order valence-electron chi connectivity index (χ1n) is 12.8. The fourth-order valence-electron chi connectivity index (χ4n) is 4.41. The van der Waals surface area contributed by atoms with Gasteiger partial charge in [-0.3, -0.25) is 0 Å². The van der Waals surface area contributed by atoms with Crippen molar-refractivity contribution in [1.29, 1.82) is 0 Å². The Morgan fingerprint density at radius 3 is 2.17 bits per heavy atom. The second kappa shape index (κ2) is 12.6. The molecule has 0 fully saturated rings. The van der Waals surface area contributed by atoms with Crippen LogP contribution in [0.4, 0.5) is 5.69 Å². The molecule has 4 aromatic rings. The molecule has 0 spiro atoms. The van der Waals surface area contributed by atoms with Crippen LogP contribution in [0.3, 0.4) is 0 Å². The first-order valence-corrected chi connectivity index (χ1v) is 12.8. The summed E-state index contributed by atoms with van der Waals surface area (Å²) in [6.45, 7) is 8.53. The van der Waals surface area contributed by atoms with Gasteiger partial charge in [0.2, 0.25) is 0 Å². The predicted octanol–water partition coefficient (Wildman–Crippen LogP) is 9.98. The van der Waals surface area contributed by atoms with Crippen molar-refractivity contribution < 1.29 is 0 Å². The number of nitrogens with one attached hydrogen (secondary N) is 1. The van der Waals surface area contributed by atoms with E-state index in [0.29, 0.717) is 5.92 Å². The molecule has 0 bridgehead atoms. The van der Waals surface area contributed by atoms with Gasteiger partial charge in [-0.25, -0.2) is 0 Å². The summed E-state index contributed by atoms with van der Waals surface area (Å²) in [5, 5.41) is 3.67. The van der Waals surface area contributed by atoms with Gasteiger partial charge in [-0.05, 0) is 58.4 Å². The van der Waals surface area contributed by atoms with E-state index in [0.717, 1.165) is 24.1 Å². The summed E-state index contributed by atoms with van der Waals surface area (Å²) >= 11 is 0. The van der Waals surface area contributed by atoms with Crippen LogP contribution in [-0.2, 0) is 0 Å². The summed E-state index contributed by atoms with van der Waals surface area (Å²) < 4.78 is 0. The number of hydrogen-bond donors (Lipinski definition) is 1. The van der Waals surface area contributed by atoms with Crippen LogP contribution in [0.5, 0.6) is 0 Å². The third-order valence-electron chi connectivity index (χ3n) is 6.42. The predicted molar refractivity (Wildman–Crippen MR) is 158 cm³/mol. The maximum Gasteiger partial charge on any atom is 0.0382 e. The summed E-state index contributed by atoms with van der Waals surface area (Å²) in [4.78, 5) is 0. The van der Waals surface area contributed by atoms with E-state index in [9.17, 15) is 0 Å². The number of benzene rings is 4. The lowest BCUT2D eigenvalue weighted by molar-refractivity contribution is 0.912. The summed E-state index contributed by atoms with van der Waals surface area (Å²) in [6, 6.07) is 38.5. The molecule has 1 unspecified atom stereocenters. The highest BCUT2D eigenvalue weighted by molar-refractivity contribution is 5.79. The smallest absolute Gasteiger partial charge is 0.0382 e. The van der Waals surface area contributed by atoms with Gasteiger partial charge in [0, 0.05) is 17.0 Å². The molecule has 0 aliphatic heterocycles. The minimum absolute atomic E-state index is 0.377. The Bertz CT molecular complexity index is 1310. The molecule has 0 aliphatic carbocycles. The van der Waals surface area contributed by atoms with Gasteiger partial charge in [0.05, 0.1) is 0 Å². The van der Waals surface area contributed by atoms with E-state index < -0.39 is 0 Å². The van der Waals surface area contributed by atoms with Gasteiger partial charge in [-0.15, -0.1) is 0 Å². The van der Waals surface area contributed by atoms with Crippen LogP contribution in [0.15, 0.2) is 134 Å². The summed E-state index contributed by atoms with van der Waals surface area (Å²) in [7, 11) is 0. The van der Waals surface area contributed by atoms with Crippen LogP contribution >= 0.6 is 0 Å². The molecule has 0 saturated carbocycles. The monoisotopic (exact) mass is 469 g/mol. The second-order valence-electron chi connectivity index (χ2n) is 9.10. The Morgan fingerprint density at radius 1 is 0.806 bits per heavy atom. The fourth-order valence-corrected chi connectivity index (χ4v) is 4.41. The highest BCUT2D eigenvalue weighted by atomic mass is 14.9. The van der Waals surface area contributed by atoms with E-state index in [4.69, 9.17) is 0 Å². The number of rotatable bonds is 10. The molecule has 1 heteroatoms. The molecule has 1 N–H and O–H groups in total. The molecule has 0 heterocycles. The van der Waals surface area contributed by atoms with Crippen molar-refractivity contribution in [3.05, 3.63) is 150 Å². The van der Waals surface area contributed by atoms with Crippen LogP contribution in [0.1, 0.15) is 49.3 Å². The van der Waals surface area contributed by atoms with Crippen LogP contribution in [0, 0.1) is 0 Å². The number of allylic oxidation sites excluding steroid dienone is 4. The SMILES string of the molecule is C=C/C(=C(\CCC)Nc1ccc(-c2cccc(/C=C\C(C)c3ccccc3)c2)cc1)c1ccccc1. The fraction of sp³-hybridized carbons (Fsp3) is 0.143. The molecule has 36 heavy (non-hydrogen) atoms. The van der Waals surface area contributed by atoms with E-state index in [1.54, 1.807) is 0 Å². The molecule has 180 valence electrons. The van der Waals surface area contributed by atoms with Crippen molar-refractivity contribution >= 4 is 17.3 Å². The molecule has 0 aromatic heterocycles. The van der Waals surface area contributed by atoms with Crippen molar-refractivity contribution in [3.8, 4) is 11.1 Å². The average Bonchev–Trinajstić information content (AvgIpc) is 2.94. The van der Waals surface area contributed by atoms with Crippen molar-refractivity contribution in [3.63, 3.8) is 0 Å².